The largest absolute Gasteiger partial charge is 0.374 e. The molecular weight excluding hydrogens is 348 g/mol. The number of nitrogens with two attached hydrogens (primary N) is 1. The SMILES string of the molecule is CS(=O)(=O)c1ccc(C2(C(=O)NCc3nnc(N)s3)CCC2)cc1. The summed E-state index contributed by atoms with van der Waals surface area (Å²) in [4.78, 5) is 13.0. The van der Waals surface area contributed by atoms with Crippen LogP contribution < -0.4 is 11.1 Å². The van der Waals surface area contributed by atoms with Gasteiger partial charge in [-0.3, -0.25) is 4.79 Å². The zero-order valence-electron chi connectivity index (χ0n) is 13.2. The van der Waals surface area contributed by atoms with Crippen molar-refractivity contribution in [2.45, 2.75) is 36.1 Å². The lowest BCUT2D eigenvalue weighted by Gasteiger charge is -2.40. The minimum absolute atomic E-state index is 0.0744. The molecule has 0 spiro atoms. The van der Waals surface area contributed by atoms with Crippen LogP contribution in [0, 0.1) is 0 Å². The minimum Gasteiger partial charge on any atom is -0.374 e. The van der Waals surface area contributed by atoms with Crippen molar-refractivity contribution in [2.24, 2.45) is 0 Å². The first kappa shape index (κ1) is 16.8. The average Bonchev–Trinajstić information content (AvgIpc) is 2.89. The summed E-state index contributed by atoms with van der Waals surface area (Å²) in [6.07, 6.45) is 3.62. The number of anilines is 1. The molecule has 0 atom stereocenters. The van der Waals surface area contributed by atoms with E-state index in [1.165, 1.54) is 17.6 Å². The molecule has 0 saturated heterocycles. The van der Waals surface area contributed by atoms with Crippen molar-refractivity contribution < 1.29 is 13.2 Å². The van der Waals surface area contributed by atoms with E-state index in [1.54, 1.807) is 24.3 Å². The number of amides is 1. The van der Waals surface area contributed by atoms with Crippen LogP contribution in [-0.2, 0) is 26.6 Å². The summed E-state index contributed by atoms with van der Waals surface area (Å²) >= 11 is 1.24. The lowest BCUT2D eigenvalue weighted by atomic mass is 9.64. The second-order valence-electron chi connectivity index (χ2n) is 5.95. The highest BCUT2D eigenvalue weighted by Crippen LogP contribution is 2.44. The lowest BCUT2D eigenvalue weighted by Crippen LogP contribution is -2.49. The number of sulfone groups is 1. The van der Waals surface area contributed by atoms with E-state index < -0.39 is 15.3 Å². The van der Waals surface area contributed by atoms with Crippen molar-refractivity contribution in [1.82, 2.24) is 15.5 Å². The summed E-state index contributed by atoms with van der Waals surface area (Å²) < 4.78 is 23.1. The maximum atomic E-state index is 12.7. The molecule has 0 unspecified atom stereocenters. The quantitative estimate of drug-likeness (QED) is 0.823. The molecule has 0 radical (unpaired) electrons. The van der Waals surface area contributed by atoms with Crippen molar-refractivity contribution in [1.29, 1.82) is 0 Å². The molecule has 0 bridgehead atoms. The fraction of sp³-hybridized carbons (Fsp3) is 0.400. The number of nitrogen functional groups attached to an aromatic ring is 1. The molecular formula is C15H18N4O3S2. The second-order valence-corrected chi connectivity index (χ2v) is 9.06. The molecule has 1 saturated carbocycles. The molecule has 1 fully saturated rings. The Bertz CT molecular complexity index is 855. The molecule has 7 nitrogen and oxygen atoms in total. The number of rotatable bonds is 5. The highest BCUT2D eigenvalue weighted by atomic mass is 32.2. The summed E-state index contributed by atoms with van der Waals surface area (Å²) in [6, 6.07) is 6.59. The summed E-state index contributed by atoms with van der Waals surface area (Å²) in [6.45, 7) is 0.289. The van der Waals surface area contributed by atoms with Crippen LogP contribution in [0.2, 0.25) is 0 Å². The molecule has 1 heterocycles. The van der Waals surface area contributed by atoms with Gasteiger partial charge in [0.2, 0.25) is 11.0 Å². The topological polar surface area (TPSA) is 115 Å². The van der Waals surface area contributed by atoms with Crippen molar-refractivity contribution in [3.8, 4) is 0 Å². The van der Waals surface area contributed by atoms with E-state index in [-0.39, 0.29) is 17.3 Å². The van der Waals surface area contributed by atoms with Gasteiger partial charge in [-0.05, 0) is 30.5 Å². The van der Waals surface area contributed by atoms with Crippen LogP contribution in [0.3, 0.4) is 0 Å². The molecule has 1 aromatic heterocycles. The van der Waals surface area contributed by atoms with Crippen molar-refractivity contribution in [3.63, 3.8) is 0 Å². The fourth-order valence-electron chi connectivity index (χ4n) is 2.86. The van der Waals surface area contributed by atoms with E-state index in [1.807, 2.05) is 0 Å². The van der Waals surface area contributed by atoms with Gasteiger partial charge in [0.05, 0.1) is 16.9 Å². The van der Waals surface area contributed by atoms with E-state index in [0.717, 1.165) is 24.8 Å². The zero-order chi connectivity index (χ0) is 17.4. The molecule has 1 aromatic carbocycles. The Morgan fingerprint density at radius 3 is 2.42 bits per heavy atom. The van der Waals surface area contributed by atoms with Gasteiger partial charge in [0.25, 0.3) is 0 Å². The van der Waals surface area contributed by atoms with Crippen LogP contribution in [0.25, 0.3) is 0 Å². The van der Waals surface area contributed by atoms with E-state index in [2.05, 4.69) is 15.5 Å². The first-order chi connectivity index (χ1) is 11.3. The summed E-state index contributed by atoms with van der Waals surface area (Å²) in [5, 5.41) is 11.5. The van der Waals surface area contributed by atoms with Gasteiger partial charge in [-0.1, -0.05) is 29.9 Å². The molecule has 1 amide bonds. The van der Waals surface area contributed by atoms with Crippen molar-refractivity contribution in [3.05, 3.63) is 34.8 Å². The Balaban J connectivity index is 1.77. The highest BCUT2D eigenvalue weighted by Gasteiger charge is 2.45. The highest BCUT2D eigenvalue weighted by molar-refractivity contribution is 7.90. The predicted octanol–water partition coefficient (Wildman–Crippen LogP) is 1.26. The first-order valence-electron chi connectivity index (χ1n) is 7.48. The number of benzene rings is 1. The van der Waals surface area contributed by atoms with E-state index in [0.29, 0.717) is 10.1 Å². The molecule has 24 heavy (non-hydrogen) atoms. The number of hydrogen-bond donors (Lipinski definition) is 2. The number of carbonyl (C=O) groups excluding carboxylic acids is 1. The van der Waals surface area contributed by atoms with Crippen LogP contribution in [-0.4, -0.2) is 30.8 Å². The Morgan fingerprint density at radius 1 is 1.29 bits per heavy atom. The fourth-order valence-corrected chi connectivity index (χ4v) is 4.04. The Labute approximate surface area is 144 Å². The van der Waals surface area contributed by atoms with Gasteiger partial charge < -0.3 is 11.1 Å². The molecule has 1 aliphatic rings. The number of nitrogens with zero attached hydrogens (tertiary/aromatic N) is 2. The summed E-state index contributed by atoms with van der Waals surface area (Å²) in [5.74, 6) is -0.0744. The van der Waals surface area contributed by atoms with Gasteiger partial charge in [-0.2, -0.15) is 0 Å². The molecule has 3 N–H and O–H groups in total. The van der Waals surface area contributed by atoms with E-state index >= 15 is 0 Å². The average molecular weight is 366 g/mol. The third kappa shape index (κ3) is 3.13. The lowest BCUT2D eigenvalue weighted by molar-refractivity contribution is -0.130. The van der Waals surface area contributed by atoms with Gasteiger partial charge in [0, 0.05) is 6.26 Å². The minimum atomic E-state index is -3.24. The third-order valence-electron chi connectivity index (χ3n) is 4.36. The zero-order valence-corrected chi connectivity index (χ0v) is 14.8. The Hall–Kier alpha value is -2.00. The number of aromatic nitrogens is 2. The van der Waals surface area contributed by atoms with Crippen LogP contribution in [0.15, 0.2) is 29.2 Å². The number of nitrogens with one attached hydrogen (secondary N) is 1. The monoisotopic (exact) mass is 366 g/mol. The Morgan fingerprint density at radius 2 is 1.96 bits per heavy atom. The van der Waals surface area contributed by atoms with Crippen molar-refractivity contribution in [2.75, 3.05) is 12.0 Å². The van der Waals surface area contributed by atoms with Gasteiger partial charge in [0.15, 0.2) is 9.84 Å². The second kappa shape index (κ2) is 6.14. The van der Waals surface area contributed by atoms with Crippen molar-refractivity contribution >= 4 is 32.2 Å². The molecule has 2 aromatic rings. The van der Waals surface area contributed by atoms with Gasteiger partial charge >= 0.3 is 0 Å². The van der Waals surface area contributed by atoms with Crippen LogP contribution in [0.5, 0.6) is 0 Å². The van der Waals surface area contributed by atoms with Crippen LogP contribution in [0.4, 0.5) is 5.13 Å². The summed E-state index contributed by atoms with van der Waals surface area (Å²) in [7, 11) is -3.24. The van der Waals surface area contributed by atoms with Gasteiger partial charge in [0.1, 0.15) is 5.01 Å². The molecule has 9 heteroatoms. The van der Waals surface area contributed by atoms with Gasteiger partial charge in [-0.25, -0.2) is 8.42 Å². The maximum absolute atomic E-state index is 12.7. The van der Waals surface area contributed by atoms with E-state index in [4.69, 9.17) is 5.73 Å². The van der Waals surface area contributed by atoms with E-state index in [9.17, 15) is 13.2 Å². The molecule has 128 valence electrons. The van der Waals surface area contributed by atoms with Crippen LogP contribution in [0.1, 0.15) is 29.8 Å². The predicted molar refractivity (Wildman–Crippen MR) is 91.2 cm³/mol. The molecule has 0 aliphatic heterocycles. The maximum Gasteiger partial charge on any atom is 0.231 e. The first-order valence-corrected chi connectivity index (χ1v) is 10.2. The summed E-state index contributed by atoms with van der Waals surface area (Å²) in [5.41, 5.74) is 5.78. The number of hydrogen-bond acceptors (Lipinski definition) is 7. The normalized spacial score (nSPS) is 16.4. The Kier molecular flexibility index (Phi) is 4.31. The number of carbonyl (C=O) groups is 1. The standard InChI is InChI=1S/C15H18N4O3S2/c1-24(21,22)11-5-3-10(4-6-11)15(7-2-8-15)13(20)17-9-12-18-19-14(16)23-12/h3-6H,2,7-9H2,1H3,(H2,16,19)(H,17,20). The van der Waals surface area contributed by atoms with Gasteiger partial charge in [-0.15, -0.1) is 10.2 Å². The molecule has 3 rings (SSSR count). The third-order valence-corrected chi connectivity index (χ3v) is 6.24. The molecule has 1 aliphatic carbocycles. The smallest absolute Gasteiger partial charge is 0.231 e. The van der Waals surface area contributed by atoms with Crippen LogP contribution >= 0.6 is 11.3 Å².